The van der Waals surface area contributed by atoms with Crippen LogP contribution in [0.5, 0.6) is 0 Å². The van der Waals surface area contributed by atoms with Gasteiger partial charge in [-0.05, 0) is 31.2 Å². The van der Waals surface area contributed by atoms with E-state index in [4.69, 9.17) is 4.55 Å². The van der Waals surface area contributed by atoms with Crippen LogP contribution in [0.15, 0.2) is 54.6 Å². The third-order valence-electron chi connectivity index (χ3n) is 3.83. The van der Waals surface area contributed by atoms with Gasteiger partial charge in [-0.1, -0.05) is 35.9 Å². The highest BCUT2D eigenvalue weighted by Gasteiger charge is 2.21. The van der Waals surface area contributed by atoms with E-state index >= 15 is 0 Å². The molecule has 0 radical (unpaired) electrons. The van der Waals surface area contributed by atoms with Crippen molar-refractivity contribution in [3.8, 4) is 0 Å². The number of sulfone groups is 1. The van der Waals surface area contributed by atoms with Gasteiger partial charge in [-0.25, -0.2) is 12.6 Å². The van der Waals surface area contributed by atoms with Crippen molar-refractivity contribution in [3.63, 3.8) is 0 Å². The zero-order valence-corrected chi connectivity index (χ0v) is 16.8. The van der Waals surface area contributed by atoms with E-state index in [0.29, 0.717) is 11.3 Å². The Hall–Kier alpha value is -2.27. The summed E-state index contributed by atoms with van der Waals surface area (Å²) in [5, 5.41) is 0. The fourth-order valence-electron chi connectivity index (χ4n) is 2.49. The normalized spacial score (nSPS) is 11.9. The quantitative estimate of drug-likeness (QED) is 0.607. The van der Waals surface area contributed by atoms with Crippen LogP contribution in [0.4, 0.5) is 5.69 Å². The molecule has 0 heterocycles. The molecular formula is C18H21NO7S2. The van der Waals surface area contributed by atoms with Gasteiger partial charge in [0.2, 0.25) is 0 Å². The van der Waals surface area contributed by atoms with E-state index in [2.05, 4.69) is 4.18 Å². The number of rotatable bonds is 9. The molecule has 10 heteroatoms. The van der Waals surface area contributed by atoms with E-state index in [1.807, 2.05) is 13.0 Å². The highest BCUT2D eigenvalue weighted by Crippen LogP contribution is 2.18. The van der Waals surface area contributed by atoms with Crippen molar-refractivity contribution in [2.45, 2.75) is 6.92 Å². The summed E-state index contributed by atoms with van der Waals surface area (Å²) in [5.74, 6) is -1.35. The summed E-state index contributed by atoms with van der Waals surface area (Å²) in [4.78, 5) is 14.3. The van der Waals surface area contributed by atoms with Crippen molar-refractivity contribution in [2.75, 3.05) is 29.6 Å². The first-order valence-corrected chi connectivity index (χ1v) is 11.5. The molecule has 28 heavy (non-hydrogen) atoms. The van der Waals surface area contributed by atoms with Crippen molar-refractivity contribution >= 4 is 31.8 Å². The smallest absolute Gasteiger partial charge is 0.307 e. The lowest BCUT2D eigenvalue weighted by molar-refractivity contribution is 0.0988. The highest BCUT2D eigenvalue weighted by molar-refractivity contribution is 7.91. The van der Waals surface area contributed by atoms with Crippen LogP contribution < -0.4 is 4.90 Å². The van der Waals surface area contributed by atoms with Crippen molar-refractivity contribution in [3.05, 3.63) is 65.7 Å². The first kappa shape index (κ1) is 22.0. The van der Waals surface area contributed by atoms with Gasteiger partial charge in [0.05, 0.1) is 18.1 Å². The number of amides is 1. The topological polar surface area (TPSA) is 118 Å². The molecule has 0 aliphatic carbocycles. The van der Waals surface area contributed by atoms with Gasteiger partial charge in [0.1, 0.15) is 0 Å². The molecule has 2 rings (SSSR count). The van der Waals surface area contributed by atoms with Gasteiger partial charge in [-0.2, -0.15) is 8.42 Å². The van der Waals surface area contributed by atoms with E-state index in [1.165, 1.54) is 4.90 Å². The zero-order chi connectivity index (χ0) is 20.8. The fraction of sp³-hybridized carbons (Fsp3) is 0.278. The molecule has 0 bridgehead atoms. The molecule has 1 N–H and O–H groups in total. The molecule has 1 amide bonds. The molecule has 0 saturated heterocycles. The molecule has 2 aromatic rings. The number of anilines is 1. The molecule has 0 saturated carbocycles. The van der Waals surface area contributed by atoms with Crippen LogP contribution in [0.1, 0.15) is 15.9 Å². The maximum Gasteiger partial charge on any atom is 0.397 e. The second kappa shape index (κ2) is 9.28. The van der Waals surface area contributed by atoms with Crippen LogP contribution >= 0.6 is 0 Å². The van der Waals surface area contributed by atoms with Crippen LogP contribution in [-0.2, 0) is 24.4 Å². The lowest BCUT2D eigenvalue weighted by Gasteiger charge is -2.23. The molecule has 152 valence electrons. The number of hydrogen-bond acceptors (Lipinski definition) is 6. The molecular weight excluding hydrogens is 406 g/mol. The Morgan fingerprint density at radius 2 is 1.68 bits per heavy atom. The summed E-state index contributed by atoms with van der Waals surface area (Å²) in [5.41, 5.74) is 1.86. The summed E-state index contributed by atoms with van der Waals surface area (Å²) in [6.45, 7) is 1.03. The Labute approximate surface area is 164 Å². The minimum absolute atomic E-state index is 0.120. The monoisotopic (exact) mass is 427 g/mol. The van der Waals surface area contributed by atoms with Crippen LogP contribution in [0.25, 0.3) is 0 Å². The van der Waals surface area contributed by atoms with Gasteiger partial charge in [-0.3, -0.25) is 9.35 Å². The van der Waals surface area contributed by atoms with E-state index in [-0.39, 0.29) is 12.5 Å². The first-order chi connectivity index (χ1) is 13.1. The Morgan fingerprint density at radius 1 is 1.00 bits per heavy atom. The number of nitrogens with zero attached hydrogens (tertiary/aromatic N) is 1. The minimum Gasteiger partial charge on any atom is -0.307 e. The van der Waals surface area contributed by atoms with Gasteiger partial charge in [0.25, 0.3) is 5.91 Å². The third-order valence-corrected chi connectivity index (χ3v) is 5.89. The highest BCUT2D eigenvalue weighted by atomic mass is 32.3. The van der Waals surface area contributed by atoms with E-state index in [1.54, 1.807) is 48.5 Å². The molecule has 0 fully saturated rings. The largest absolute Gasteiger partial charge is 0.397 e. The van der Waals surface area contributed by atoms with E-state index in [9.17, 15) is 21.6 Å². The summed E-state index contributed by atoms with van der Waals surface area (Å²) in [6.07, 6.45) is 0. The minimum atomic E-state index is -4.70. The van der Waals surface area contributed by atoms with E-state index in [0.717, 1.165) is 5.56 Å². The van der Waals surface area contributed by atoms with Crippen LogP contribution in [-0.4, -0.2) is 52.0 Å². The Bertz CT molecular complexity index is 1020. The van der Waals surface area contributed by atoms with Crippen LogP contribution in [0, 0.1) is 6.92 Å². The molecule has 0 spiro atoms. The molecule has 8 nitrogen and oxygen atoms in total. The Kier molecular flexibility index (Phi) is 7.30. The average molecular weight is 428 g/mol. The van der Waals surface area contributed by atoms with E-state index < -0.39 is 38.3 Å². The number of benzene rings is 2. The third kappa shape index (κ3) is 7.04. The maximum absolute atomic E-state index is 13.0. The number of carbonyl (C=O) groups excluding carboxylic acids is 1. The number of carbonyl (C=O) groups is 1. The van der Waals surface area contributed by atoms with Crippen LogP contribution in [0.2, 0.25) is 0 Å². The number of hydrogen-bond donors (Lipinski definition) is 1. The van der Waals surface area contributed by atoms with Gasteiger partial charge >= 0.3 is 10.4 Å². The molecule has 2 aromatic carbocycles. The lowest BCUT2D eigenvalue weighted by atomic mass is 10.1. The van der Waals surface area contributed by atoms with Gasteiger partial charge in [0, 0.05) is 17.8 Å². The molecule has 0 aliphatic rings. The SMILES string of the molecule is Cc1cccc(C(=O)N(CCS(=O)(=O)CCOS(=O)(=O)O)c2ccccc2)c1. The molecule has 0 aromatic heterocycles. The predicted octanol–water partition coefficient (Wildman–Crippen LogP) is 1.88. The van der Waals surface area contributed by atoms with Gasteiger partial charge in [0.15, 0.2) is 9.84 Å². The summed E-state index contributed by atoms with van der Waals surface area (Å²) < 4.78 is 58.0. The average Bonchev–Trinajstić information content (AvgIpc) is 2.61. The Morgan fingerprint density at radius 3 is 2.29 bits per heavy atom. The standard InChI is InChI=1S/C18H21NO7S2/c1-15-6-5-7-16(14-15)18(20)19(17-8-3-2-4-9-17)10-12-27(21,22)13-11-26-28(23,24)25/h2-9,14H,10-13H2,1H3,(H,23,24,25). The second-order valence-electron chi connectivity index (χ2n) is 6.06. The maximum atomic E-state index is 13.0. The summed E-state index contributed by atoms with van der Waals surface area (Å²) in [6, 6.07) is 15.6. The van der Waals surface area contributed by atoms with Crippen molar-refractivity contribution in [1.82, 2.24) is 0 Å². The first-order valence-electron chi connectivity index (χ1n) is 8.33. The van der Waals surface area contributed by atoms with Crippen molar-refractivity contribution in [1.29, 1.82) is 0 Å². The number of para-hydroxylation sites is 1. The van der Waals surface area contributed by atoms with Gasteiger partial charge in [-0.15, -0.1) is 0 Å². The fourth-order valence-corrected chi connectivity index (χ4v) is 3.89. The van der Waals surface area contributed by atoms with Crippen LogP contribution in [0.3, 0.4) is 0 Å². The predicted molar refractivity (Wildman–Crippen MR) is 105 cm³/mol. The lowest BCUT2D eigenvalue weighted by Crippen LogP contribution is -2.36. The molecule has 0 aliphatic heterocycles. The van der Waals surface area contributed by atoms with Gasteiger partial charge < -0.3 is 4.90 Å². The molecule has 0 unspecified atom stereocenters. The van der Waals surface area contributed by atoms with Crippen molar-refractivity contribution in [2.24, 2.45) is 0 Å². The molecule has 0 atom stereocenters. The zero-order valence-electron chi connectivity index (χ0n) is 15.2. The summed E-state index contributed by atoms with van der Waals surface area (Å²) in [7, 11) is -8.43. The number of aryl methyl sites for hydroxylation is 1. The Balaban J connectivity index is 2.16. The second-order valence-corrected chi connectivity index (χ2v) is 9.46. The summed E-state index contributed by atoms with van der Waals surface area (Å²) >= 11 is 0. The van der Waals surface area contributed by atoms with Crippen molar-refractivity contribution < 1.29 is 30.4 Å².